The van der Waals surface area contributed by atoms with Crippen molar-refractivity contribution in [1.29, 1.82) is 0 Å². The molecule has 6 rings (SSSR count). The number of nitrogens with zero attached hydrogens (tertiary/aromatic N) is 4. The average Bonchev–Trinajstić information content (AvgIpc) is 3.65. The van der Waals surface area contributed by atoms with Crippen molar-refractivity contribution in [2.75, 3.05) is 6.54 Å². The fourth-order valence-electron chi connectivity index (χ4n) is 4.80. The van der Waals surface area contributed by atoms with E-state index in [1.54, 1.807) is 29.7 Å². The molecule has 1 amide bonds. The molecule has 1 unspecified atom stereocenters. The molecule has 0 radical (unpaired) electrons. The van der Waals surface area contributed by atoms with Crippen LogP contribution in [0, 0.1) is 5.82 Å². The lowest BCUT2D eigenvalue weighted by atomic mass is 10.0. The first kappa shape index (κ1) is 21.7. The summed E-state index contributed by atoms with van der Waals surface area (Å²) in [4.78, 5) is 20.8. The monoisotopic (exact) mass is 486 g/mol. The Bertz CT molecular complexity index is 1520. The lowest BCUT2D eigenvalue weighted by Gasteiger charge is -2.20. The highest BCUT2D eigenvalue weighted by atomic mass is 32.1. The largest absolute Gasteiger partial charge is 0.368 e. The second kappa shape index (κ2) is 8.75. The zero-order chi connectivity index (χ0) is 23.9. The molecular weight excluding hydrogens is 463 g/mol. The smallest absolute Gasteiger partial charge is 0.234 e. The van der Waals surface area contributed by atoms with Gasteiger partial charge in [0, 0.05) is 34.3 Å². The number of nitrogens with one attached hydrogen (secondary N) is 1. The number of nitrogens with two attached hydrogens (primary N) is 1. The minimum atomic E-state index is -0.274. The summed E-state index contributed by atoms with van der Waals surface area (Å²) in [6, 6.07) is 14.4. The van der Waals surface area contributed by atoms with Gasteiger partial charge in [0.05, 0.1) is 34.7 Å². The number of pyridine rings is 1. The molecule has 35 heavy (non-hydrogen) atoms. The molecule has 1 saturated heterocycles. The van der Waals surface area contributed by atoms with Crippen LogP contribution in [0.15, 0.2) is 67.1 Å². The SMILES string of the molecule is NC(=O)C1CCCN1Cc1ccc(-c2cnc3ccc(-c4cn[nH]c4-c4ccc(F)cc4)cn23)s1. The van der Waals surface area contributed by atoms with Crippen LogP contribution in [0.3, 0.4) is 0 Å². The van der Waals surface area contributed by atoms with Gasteiger partial charge in [-0.25, -0.2) is 9.37 Å². The first-order valence-corrected chi connectivity index (χ1v) is 12.3. The van der Waals surface area contributed by atoms with Gasteiger partial charge in [0.1, 0.15) is 11.5 Å². The number of hydrogen-bond donors (Lipinski definition) is 2. The topological polar surface area (TPSA) is 92.3 Å². The number of carbonyl (C=O) groups is 1. The molecule has 176 valence electrons. The highest BCUT2D eigenvalue weighted by Gasteiger charge is 2.29. The molecule has 1 aliphatic rings. The van der Waals surface area contributed by atoms with Gasteiger partial charge in [-0.15, -0.1) is 11.3 Å². The van der Waals surface area contributed by atoms with E-state index in [4.69, 9.17) is 5.73 Å². The summed E-state index contributed by atoms with van der Waals surface area (Å²) >= 11 is 1.70. The predicted molar refractivity (Wildman–Crippen MR) is 134 cm³/mol. The minimum absolute atomic E-state index is 0.177. The Balaban J connectivity index is 1.32. The minimum Gasteiger partial charge on any atom is -0.368 e. The van der Waals surface area contributed by atoms with E-state index in [-0.39, 0.29) is 17.8 Å². The second-order valence-electron chi connectivity index (χ2n) is 8.75. The Morgan fingerprint density at radius 3 is 2.77 bits per heavy atom. The van der Waals surface area contributed by atoms with Crippen molar-refractivity contribution in [3.05, 3.63) is 77.8 Å². The second-order valence-corrected chi connectivity index (χ2v) is 9.92. The number of amides is 1. The molecule has 1 atom stereocenters. The Morgan fingerprint density at radius 1 is 1.11 bits per heavy atom. The molecule has 1 fully saturated rings. The van der Waals surface area contributed by atoms with Gasteiger partial charge < -0.3 is 5.73 Å². The third kappa shape index (κ3) is 4.02. The first-order valence-electron chi connectivity index (χ1n) is 11.5. The summed E-state index contributed by atoms with van der Waals surface area (Å²) < 4.78 is 15.5. The Kier molecular flexibility index (Phi) is 5.43. The summed E-state index contributed by atoms with van der Waals surface area (Å²) in [6.07, 6.45) is 7.55. The summed E-state index contributed by atoms with van der Waals surface area (Å²) in [5.41, 5.74) is 11.0. The molecule has 4 aromatic heterocycles. The highest BCUT2D eigenvalue weighted by Crippen LogP contribution is 2.34. The standard InChI is InChI=1S/C26H23FN6OS/c27-18-6-3-16(4-7-18)25-20(12-30-31-25)17-5-10-24-29-13-22(33(24)14-17)23-9-8-19(35-23)15-32-11-1-2-21(32)26(28)34/h3-10,12-14,21H,1-2,11,15H2,(H2,28,34)(H,30,31). The third-order valence-electron chi connectivity index (χ3n) is 6.55. The molecular formula is C26H23FN6OS. The van der Waals surface area contributed by atoms with Crippen LogP contribution in [-0.4, -0.2) is 43.0 Å². The van der Waals surface area contributed by atoms with Crippen molar-refractivity contribution in [3.63, 3.8) is 0 Å². The van der Waals surface area contributed by atoms with Crippen molar-refractivity contribution in [2.45, 2.75) is 25.4 Å². The van der Waals surface area contributed by atoms with Crippen molar-refractivity contribution >= 4 is 22.9 Å². The number of halogens is 1. The molecule has 7 nitrogen and oxygen atoms in total. The molecule has 0 bridgehead atoms. The number of primary amides is 1. The maximum Gasteiger partial charge on any atom is 0.234 e. The number of thiophene rings is 1. The van der Waals surface area contributed by atoms with E-state index in [9.17, 15) is 9.18 Å². The van der Waals surface area contributed by atoms with Crippen LogP contribution >= 0.6 is 11.3 Å². The van der Waals surface area contributed by atoms with Gasteiger partial charge in [-0.2, -0.15) is 5.10 Å². The fraction of sp³-hybridized carbons (Fsp3) is 0.192. The van der Waals surface area contributed by atoms with Crippen LogP contribution in [0.25, 0.3) is 38.6 Å². The number of aromatic amines is 1. The number of H-pyrrole nitrogens is 1. The Labute approximate surface area is 205 Å². The normalized spacial score (nSPS) is 16.3. The molecule has 0 aliphatic carbocycles. The number of likely N-dealkylation sites (tertiary alicyclic amines) is 1. The van der Waals surface area contributed by atoms with Crippen molar-refractivity contribution in [1.82, 2.24) is 24.5 Å². The van der Waals surface area contributed by atoms with Crippen LogP contribution in [0.5, 0.6) is 0 Å². The molecule has 0 saturated carbocycles. The van der Waals surface area contributed by atoms with Crippen LogP contribution in [0.4, 0.5) is 4.39 Å². The summed E-state index contributed by atoms with van der Waals surface area (Å²) in [5.74, 6) is -0.516. The number of fused-ring (bicyclic) bond motifs is 1. The lowest BCUT2D eigenvalue weighted by molar-refractivity contribution is -0.122. The van der Waals surface area contributed by atoms with Gasteiger partial charge in [-0.1, -0.05) is 0 Å². The Morgan fingerprint density at radius 2 is 1.94 bits per heavy atom. The van der Waals surface area contributed by atoms with E-state index in [1.807, 2.05) is 18.3 Å². The average molecular weight is 487 g/mol. The van der Waals surface area contributed by atoms with Gasteiger partial charge in [0.25, 0.3) is 0 Å². The van der Waals surface area contributed by atoms with E-state index < -0.39 is 0 Å². The molecule has 5 aromatic rings. The van der Waals surface area contributed by atoms with Gasteiger partial charge in [0.15, 0.2) is 0 Å². The maximum atomic E-state index is 13.4. The Hall–Kier alpha value is -3.82. The van der Waals surface area contributed by atoms with Crippen LogP contribution in [-0.2, 0) is 11.3 Å². The summed E-state index contributed by atoms with van der Waals surface area (Å²) in [5, 5.41) is 7.28. The molecule has 5 heterocycles. The predicted octanol–water partition coefficient (Wildman–Crippen LogP) is 4.71. The summed E-state index contributed by atoms with van der Waals surface area (Å²) in [7, 11) is 0. The van der Waals surface area contributed by atoms with Crippen molar-refractivity contribution < 1.29 is 9.18 Å². The van der Waals surface area contributed by atoms with Crippen LogP contribution in [0.2, 0.25) is 0 Å². The number of imidazole rings is 1. The van der Waals surface area contributed by atoms with Crippen molar-refractivity contribution in [2.24, 2.45) is 5.73 Å². The van der Waals surface area contributed by atoms with Gasteiger partial charge in [-0.3, -0.25) is 19.2 Å². The highest BCUT2D eigenvalue weighted by molar-refractivity contribution is 7.15. The van der Waals surface area contributed by atoms with Crippen LogP contribution in [0.1, 0.15) is 17.7 Å². The molecule has 1 aromatic carbocycles. The number of rotatable bonds is 6. The lowest BCUT2D eigenvalue weighted by Crippen LogP contribution is -2.39. The zero-order valence-corrected chi connectivity index (χ0v) is 19.6. The van der Waals surface area contributed by atoms with Gasteiger partial charge in [-0.05, 0) is 67.9 Å². The zero-order valence-electron chi connectivity index (χ0n) is 18.8. The number of aromatic nitrogens is 4. The molecule has 0 spiro atoms. The molecule has 9 heteroatoms. The number of benzene rings is 1. The first-order chi connectivity index (χ1) is 17.1. The third-order valence-corrected chi connectivity index (χ3v) is 7.65. The van der Waals surface area contributed by atoms with Gasteiger partial charge >= 0.3 is 0 Å². The van der Waals surface area contributed by atoms with E-state index in [1.165, 1.54) is 17.0 Å². The number of carbonyl (C=O) groups excluding carboxylic acids is 1. The van der Waals surface area contributed by atoms with Crippen LogP contribution < -0.4 is 5.73 Å². The van der Waals surface area contributed by atoms with Gasteiger partial charge in [0.2, 0.25) is 5.91 Å². The maximum absolute atomic E-state index is 13.4. The fourth-order valence-corrected chi connectivity index (χ4v) is 5.84. The number of hydrogen-bond acceptors (Lipinski definition) is 5. The molecule has 1 aliphatic heterocycles. The quantitative estimate of drug-likeness (QED) is 0.364. The summed E-state index contributed by atoms with van der Waals surface area (Å²) in [6.45, 7) is 1.61. The molecule has 3 N–H and O–H groups in total. The van der Waals surface area contributed by atoms with E-state index in [0.717, 1.165) is 64.5 Å². The van der Waals surface area contributed by atoms with E-state index >= 15 is 0 Å². The van der Waals surface area contributed by atoms with Crippen molar-refractivity contribution in [3.8, 4) is 33.0 Å². The van der Waals surface area contributed by atoms with E-state index in [0.29, 0.717) is 0 Å². The van der Waals surface area contributed by atoms with E-state index in [2.05, 4.69) is 42.8 Å².